The highest BCUT2D eigenvalue weighted by atomic mass is 16.5. The molecule has 1 atom stereocenters. The summed E-state index contributed by atoms with van der Waals surface area (Å²) in [4.78, 5) is 9.85. The summed E-state index contributed by atoms with van der Waals surface area (Å²) in [6, 6.07) is 7.04. The topological polar surface area (TPSA) is 40.6 Å². The Labute approximate surface area is 127 Å². The summed E-state index contributed by atoms with van der Waals surface area (Å²) in [7, 11) is 1.96. The number of hydrogen-bond donors (Lipinski definition) is 1. The predicted molar refractivity (Wildman–Crippen MR) is 83.1 cm³/mol. The third-order valence-electron chi connectivity index (χ3n) is 4.42. The van der Waals surface area contributed by atoms with E-state index in [1.807, 2.05) is 7.05 Å². The number of pyridine rings is 1. The Morgan fingerprint density at radius 1 is 1.24 bits per heavy atom. The quantitative estimate of drug-likeness (QED) is 0.865. The Morgan fingerprint density at radius 3 is 2.86 bits per heavy atom. The molecule has 2 aliphatic rings. The van der Waals surface area contributed by atoms with Crippen LogP contribution in [0.5, 0.6) is 0 Å². The largest absolute Gasteiger partial charge is 0.379 e. The number of nitrogens with one attached hydrogen (secondary N) is 1. The Kier molecular flexibility index (Phi) is 5.19. The van der Waals surface area contributed by atoms with Gasteiger partial charge in [0.15, 0.2) is 0 Å². The van der Waals surface area contributed by atoms with Crippen LogP contribution in [0.4, 0.5) is 0 Å². The molecule has 1 N–H and O–H groups in total. The van der Waals surface area contributed by atoms with Gasteiger partial charge in [0.2, 0.25) is 0 Å². The molecule has 0 amide bonds. The van der Waals surface area contributed by atoms with Crippen LogP contribution in [0, 0.1) is 0 Å². The van der Waals surface area contributed by atoms with Gasteiger partial charge in [-0.15, -0.1) is 0 Å². The Morgan fingerprint density at radius 2 is 2.05 bits per heavy atom. The van der Waals surface area contributed by atoms with Crippen LogP contribution in [0.1, 0.15) is 17.8 Å². The number of hydrogen-bond acceptors (Lipinski definition) is 5. The first-order valence-corrected chi connectivity index (χ1v) is 7.99. The summed E-state index contributed by atoms with van der Waals surface area (Å²) in [6.45, 7) is 8.12. The molecule has 116 valence electrons. The summed E-state index contributed by atoms with van der Waals surface area (Å²) in [6.07, 6.45) is 1.27. The molecule has 5 heteroatoms. The predicted octanol–water partition coefficient (Wildman–Crippen LogP) is 0.708. The molecule has 0 saturated carbocycles. The fraction of sp³-hybridized carbons (Fsp3) is 0.688. The van der Waals surface area contributed by atoms with Gasteiger partial charge in [0, 0.05) is 45.3 Å². The highest BCUT2D eigenvalue weighted by Gasteiger charge is 2.28. The molecule has 0 bridgehead atoms. The van der Waals surface area contributed by atoms with Gasteiger partial charge in [-0.2, -0.15) is 0 Å². The smallest absolute Gasteiger partial charge is 0.0594 e. The van der Waals surface area contributed by atoms with Crippen molar-refractivity contribution in [3.63, 3.8) is 0 Å². The lowest BCUT2D eigenvalue weighted by atomic mass is 10.2. The van der Waals surface area contributed by atoms with E-state index < -0.39 is 0 Å². The molecule has 1 aromatic rings. The number of ether oxygens (including phenoxy) is 1. The third kappa shape index (κ3) is 4.01. The van der Waals surface area contributed by atoms with E-state index in [1.54, 1.807) is 0 Å². The first kappa shape index (κ1) is 14.9. The molecular formula is C16H26N4O. The van der Waals surface area contributed by atoms with Crippen molar-refractivity contribution >= 4 is 0 Å². The van der Waals surface area contributed by atoms with E-state index in [1.165, 1.54) is 18.7 Å². The molecule has 2 saturated heterocycles. The Balaban J connectivity index is 1.53. The van der Waals surface area contributed by atoms with Gasteiger partial charge in [-0.3, -0.25) is 14.8 Å². The normalized spacial score (nSPS) is 24.5. The zero-order valence-corrected chi connectivity index (χ0v) is 12.9. The van der Waals surface area contributed by atoms with Gasteiger partial charge in [-0.05, 0) is 25.6 Å². The average molecular weight is 290 g/mol. The van der Waals surface area contributed by atoms with E-state index in [0.29, 0.717) is 6.04 Å². The minimum Gasteiger partial charge on any atom is -0.379 e. The van der Waals surface area contributed by atoms with Crippen molar-refractivity contribution in [1.29, 1.82) is 0 Å². The van der Waals surface area contributed by atoms with Crippen LogP contribution in [-0.2, 0) is 17.8 Å². The lowest BCUT2D eigenvalue weighted by molar-refractivity contribution is 0.0183. The fourth-order valence-corrected chi connectivity index (χ4v) is 3.32. The fourth-order valence-electron chi connectivity index (χ4n) is 3.32. The molecule has 1 unspecified atom stereocenters. The van der Waals surface area contributed by atoms with Crippen LogP contribution in [0.2, 0.25) is 0 Å². The maximum atomic E-state index is 5.45. The molecule has 5 nitrogen and oxygen atoms in total. The van der Waals surface area contributed by atoms with Crippen LogP contribution < -0.4 is 5.32 Å². The van der Waals surface area contributed by atoms with Gasteiger partial charge in [-0.25, -0.2) is 0 Å². The second-order valence-electron chi connectivity index (χ2n) is 5.98. The molecular weight excluding hydrogens is 264 g/mol. The molecule has 0 radical (unpaired) electrons. The van der Waals surface area contributed by atoms with E-state index >= 15 is 0 Å². The zero-order valence-electron chi connectivity index (χ0n) is 12.9. The van der Waals surface area contributed by atoms with Crippen LogP contribution in [0.25, 0.3) is 0 Å². The molecule has 0 aromatic carbocycles. The Hall–Kier alpha value is -1.01. The number of likely N-dealkylation sites (tertiary alicyclic amines) is 1. The molecule has 2 fully saturated rings. The van der Waals surface area contributed by atoms with Crippen molar-refractivity contribution in [3.05, 3.63) is 29.6 Å². The number of morpholine rings is 1. The molecule has 2 aliphatic heterocycles. The molecule has 3 rings (SSSR count). The number of aromatic nitrogens is 1. The molecule has 0 spiro atoms. The monoisotopic (exact) mass is 290 g/mol. The Bertz CT molecular complexity index is 448. The van der Waals surface area contributed by atoms with Gasteiger partial charge in [0.05, 0.1) is 24.6 Å². The number of rotatable bonds is 5. The van der Waals surface area contributed by atoms with Crippen LogP contribution in [0.15, 0.2) is 18.2 Å². The highest BCUT2D eigenvalue weighted by Crippen LogP contribution is 2.18. The molecule has 3 heterocycles. The third-order valence-corrected chi connectivity index (χ3v) is 4.42. The van der Waals surface area contributed by atoms with Crippen LogP contribution in [-0.4, -0.2) is 67.3 Å². The van der Waals surface area contributed by atoms with Crippen LogP contribution >= 0.6 is 0 Å². The van der Waals surface area contributed by atoms with Gasteiger partial charge >= 0.3 is 0 Å². The number of nitrogens with zero attached hydrogens (tertiary/aromatic N) is 3. The minimum absolute atomic E-state index is 0.703. The summed E-state index contributed by atoms with van der Waals surface area (Å²) < 4.78 is 5.45. The van der Waals surface area contributed by atoms with E-state index in [0.717, 1.165) is 51.6 Å². The van der Waals surface area contributed by atoms with E-state index in [4.69, 9.17) is 9.72 Å². The maximum Gasteiger partial charge on any atom is 0.0594 e. The van der Waals surface area contributed by atoms with Crippen molar-refractivity contribution < 1.29 is 4.74 Å². The summed E-state index contributed by atoms with van der Waals surface area (Å²) in [5, 5.41) is 3.16. The van der Waals surface area contributed by atoms with Gasteiger partial charge in [0.25, 0.3) is 0 Å². The minimum atomic E-state index is 0.703. The molecule has 21 heavy (non-hydrogen) atoms. The summed E-state index contributed by atoms with van der Waals surface area (Å²) >= 11 is 0. The van der Waals surface area contributed by atoms with Crippen molar-refractivity contribution in [2.24, 2.45) is 0 Å². The second kappa shape index (κ2) is 7.31. The van der Waals surface area contributed by atoms with Crippen molar-refractivity contribution in [2.75, 3.05) is 46.4 Å². The highest BCUT2D eigenvalue weighted by molar-refractivity contribution is 5.11. The lowest BCUT2D eigenvalue weighted by Gasteiger charge is -2.32. The van der Waals surface area contributed by atoms with E-state index in [-0.39, 0.29) is 0 Å². The van der Waals surface area contributed by atoms with Gasteiger partial charge < -0.3 is 10.1 Å². The van der Waals surface area contributed by atoms with Gasteiger partial charge in [0.1, 0.15) is 0 Å². The summed E-state index contributed by atoms with van der Waals surface area (Å²) in [5.74, 6) is 0. The van der Waals surface area contributed by atoms with Crippen molar-refractivity contribution in [3.8, 4) is 0 Å². The lowest BCUT2D eigenvalue weighted by Crippen LogP contribution is -2.44. The zero-order chi connectivity index (χ0) is 14.5. The van der Waals surface area contributed by atoms with Gasteiger partial charge in [-0.1, -0.05) is 6.07 Å². The van der Waals surface area contributed by atoms with Crippen molar-refractivity contribution in [2.45, 2.75) is 25.6 Å². The molecule has 0 aliphatic carbocycles. The van der Waals surface area contributed by atoms with Crippen LogP contribution in [0.3, 0.4) is 0 Å². The maximum absolute atomic E-state index is 5.45. The average Bonchev–Trinajstić information content (AvgIpc) is 2.97. The molecule has 1 aromatic heterocycles. The SMILES string of the molecule is CNCc1cccc(CN2CCC(N3CCOCC3)C2)n1. The first-order valence-electron chi connectivity index (χ1n) is 7.99. The standard InChI is InChI=1S/C16H26N4O/c1-17-11-14-3-2-4-15(18-14)12-19-6-5-16(13-19)20-7-9-21-10-8-20/h2-4,16-17H,5-13H2,1H3. The van der Waals surface area contributed by atoms with E-state index in [9.17, 15) is 0 Å². The van der Waals surface area contributed by atoms with E-state index in [2.05, 4.69) is 33.3 Å². The summed E-state index contributed by atoms with van der Waals surface area (Å²) in [5.41, 5.74) is 2.31. The second-order valence-corrected chi connectivity index (χ2v) is 5.98. The first-order chi connectivity index (χ1) is 10.3. The van der Waals surface area contributed by atoms with Crippen molar-refractivity contribution in [1.82, 2.24) is 20.1 Å².